The number of phenols is 4. The summed E-state index contributed by atoms with van der Waals surface area (Å²) in [6.07, 6.45) is -8.09. The van der Waals surface area contributed by atoms with Gasteiger partial charge in [0.05, 0.1) is 12.2 Å². The van der Waals surface area contributed by atoms with E-state index in [1.807, 2.05) is 0 Å². The third-order valence-electron chi connectivity index (χ3n) is 5.45. The largest absolute Gasteiger partial charge is 0.507 e. The number of aromatic hydroxyl groups is 4. The highest BCUT2D eigenvalue weighted by Gasteiger charge is 2.46. The second-order valence-corrected chi connectivity index (χ2v) is 7.46. The van der Waals surface area contributed by atoms with Crippen LogP contribution in [-0.4, -0.2) is 71.9 Å². The van der Waals surface area contributed by atoms with Crippen LogP contribution < -0.4 is 5.43 Å². The molecule has 32 heavy (non-hydrogen) atoms. The smallest absolute Gasteiger partial charge is 0.197 e. The number of fused-ring (bicyclic) bond motifs is 1. The maximum atomic E-state index is 12.8. The molecule has 0 saturated carbocycles. The monoisotopic (exact) mass is 448 g/mol. The van der Waals surface area contributed by atoms with Crippen LogP contribution in [0.1, 0.15) is 11.7 Å². The van der Waals surface area contributed by atoms with Crippen molar-refractivity contribution in [2.45, 2.75) is 30.5 Å². The highest BCUT2D eigenvalue weighted by Crippen LogP contribution is 2.44. The van der Waals surface area contributed by atoms with E-state index in [1.165, 1.54) is 12.1 Å². The summed E-state index contributed by atoms with van der Waals surface area (Å²) in [4.78, 5) is 12.8. The number of benzene rings is 2. The first kappa shape index (κ1) is 21.9. The number of hydrogen-bond acceptors (Lipinski definition) is 11. The molecule has 11 heteroatoms. The third-order valence-corrected chi connectivity index (χ3v) is 5.45. The molecule has 1 aliphatic heterocycles. The zero-order valence-electron chi connectivity index (χ0n) is 16.3. The van der Waals surface area contributed by atoms with Gasteiger partial charge in [-0.2, -0.15) is 0 Å². The van der Waals surface area contributed by atoms with Crippen molar-refractivity contribution in [3.05, 3.63) is 46.1 Å². The number of phenolic OH excluding ortho intramolecular Hbond substituents is 4. The van der Waals surface area contributed by atoms with Gasteiger partial charge in [-0.25, -0.2) is 0 Å². The number of rotatable bonds is 3. The summed E-state index contributed by atoms with van der Waals surface area (Å²) in [5.41, 5.74) is -1.17. The van der Waals surface area contributed by atoms with E-state index in [-0.39, 0.29) is 28.0 Å². The molecule has 1 aliphatic rings. The first-order valence-electron chi connectivity index (χ1n) is 9.49. The number of ether oxygens (including phenoxy) is 1. The van der Waals surface area contributed by atoms with E-state index in [0.29, 0.717) is 0 Å². The van der Waals surface area contributed by atoms with Crippen LogP contribution in [0.5, 0.6) is 23.0 Å². The van der Waals surface area contributed by atoms with Crippen molar-refractivity contribution >= 4 is 11.0 Å². The fraction of sp³-hybridized carbons (Fsp3) is 0.286. The SMILES string of the molecule is O=c1cc(-c2ccc(O)c(O)c2)oc2cc(O)c([C@H]3O[C@@H](CO)[C@@H](O)[C@@H](O)[C@@H]3O)c(O)c12. The van der Waals surface area contributed by atoms with Crippen molar-refractivity contribution in [2.75, 3.05) is 6.61 Å². The van der Waals surface area contributed by atoms with Gasteiger partial charge in [-0.05, 0) is 18.2 Å². The highest BCUT2D eigenvalue weighted by molar-refractivity contribution is 5.88. The van der Waals surface area contributed by atoms with Gasteiger partial charge in [-0.15, -0.1) is 0 Å². The number of aliphatic hydroxyl groups is 4. The average Bonchev–Trinajstić information content (AvgIpc) is 2.74. The van der Waals surface area contributed by atoms with Crippen molar-refractivity contribution in [2.24, 2.45) is 0 Å². The Morgan fingerprint density at radius 3 is 2.22 bits per heavy atom. The Morgan fingerprint density at radius 1 is 0.844 bits per heavy atom. The Hall–Kier alpha value is -3.35. The van der Waals surface area contributed by atoms with Gasteiger partial charge in [-0.3, -0.25) is 4.79 Å². The van der Waals surface area contributed by atoms with Gasteiger partial charge in [-0.1, -0.05) is 0 Å². The lowest BCUT2D eigenvalue weighted by Crippen LogP contribution is -2.55. The van der Waals surface area contributed by atoms with Gasteiger partial charge >= 0.3 is 0 Å². The quantitative estimate of drug-likeness (QED) is 0.247. The molecule has 1 saturated heterocycles. The molecule has 0 spiro atoms. The van der Waals surface area contributed by atoms with E-state index in [1.54, 1.807) is 0 Å². The summed E-state index contributed by atoms with van der Waals surface area (Å²) < 4.78 is 11.0. The van der Waals surface area contributed by atoms with Gasteiger partial charge in [0.15, 0.2) is 16.9 Å². The minimum atomic E-state index is -1.80. The summed E-state index contributed by atoms with van der Waals surface area (Å²) in [7, 11) is 0. The zero-order chi connectivity index (χ0) is 23.3. The molecule has 2 aromatic carbocycles. The van der Waals surface area contributed by atoms with Crippen LogP contribution in [0, 0.1) is 0 Å². The second-order valence-electron chi connectivity index (χ2n) is 7.46. The van der Waals surface area contributed by atoms with Crippen molar-refractivity contribution in [3.63, 3.8) is 0 Å². The molecule has 2 heterocycles. The van der Waals surface area contributed by atoms with E-state index in [2.05, 4.69) is 0 Å². The topological polar surface area (TPSA) is 201 Å². The molecule has 8 N–H and O–H groups in total. The lowest BCUT2D eigenvalue weighted by molar-refractivity contribution is -0.232. The molecular formula is C21H20O11. The van der Waals surface area contributed by atoms with E-state index in [4.69, 9.17) is 9.15 Å². The third kappa shape index (κ3) is 3.42. The summed E-state index contributed by atoms with van der Waals surface area (Å²) >= 11 is 0. The molecule has 1 fully saturated rings. The van der Waals surface area contributed by atoms with Gasteiger partial charge in [0, 0.05) is 17.7 Å². The fourth-order valence-corrected chi connectivity index (χ4v) is 3.74. The second kappa shape index (κ2) is 7.97. The van der Waals surface area contributed by atoms with Crippen LogP contribution in [0.15, 0.2) is 39.5 Å². The van der Waals surface area contributed by atoms with Gasteiger partial charge in [0.25, 0.3) is 0 Å². The molecular weight excluding hydrogens is 428 g/mol. The first-order chi connectivity index (χ1) is 15.1. The van der Waals surface area contributed by atoms with Crippen LogP contribution in [-0.2, 0) is 4.74 Å². The van der Waals surface area contributed by atoms with Crippen molar-refractivity contribution in [1.29, 1.82) is 0 Å². The Labute approximate surface area is 179 Å². The van der Waals surface area contributed by atoms with E-state index in [9.17, 15) is 45.6 Å². The predicted octanol–water partition coefficient (Wildman–Crippen LogP) is -0.203. The van der Waals surface area contributed by atoms with E-state index < -0.39 is 65.4 Å². The van der Waals surface area contributed by atoms with Gasteiger partial charge in [0.2, 0.25) is 0 Å². The van der Waals surface area contributed by atoms with Crippen molar-refractivity contribution in [3.8, 4) is 34.3 Å². The maximum Gasteiger partial charge on any atom is 0.197 e. The molecule has 5 atom stereocenters. The Balaban J connectivity index is 1.86. The van der Waals surface area contributed by atoms with Gasteiger partial charge < -0.3 is 50.0 Å². The lowest BCUT2D eigenvalue weighted by Gasteiger charge is -2.40. The average molecular weight is 448 g/mol. The minimum Gasteiger partial charge on any atom is -0.507 e. The number of hydrogen-bond donors (Lipinski definition) is 8. The van der Waals surface area contributed by atoms with Crippen LogP contribution in [0.4, 0.5) is 0 Å². The molecule has 3 aromatic rings. The van der Waals surface area contributed by atoms with Crippen LogP contribution in [0.3, 0.4) is 0 Å². The first-order valence-corrected chi connectivity index (χ1v) is 9.49. The molecule has 0 amide bonds. The predicted molar refractivity (Wildman–Crippen MR) is 107 cm³/mol. The Kier molecular flexibility index (Phi) is 5.44. The molecule has 0 radical (unpaired) electrons. The summed E-state index contributed by atoms with van der Waals surface area (Å²) in [6.45, 7) is -0.721. The normalized spacial score (nSPS) is 25.8. The fourth-order valence-electron chi connectivity index (χ4n) is 3.74. The molecule has 0 bridgehead atoms. The maximum absolute atomic E-state index is 12.8. The Morgan fingerprint density at radius 2 is 1.56 bits per heavy atom. The summed E-state index contributed by atoms with van der Waals surface area (Å²) in [6, 6.07) is 5.73. The van der Waals surface area contributed by atoms with Crippen molar-refractivity contribution in [1.82, 2.24) is 0 Å². The van der Waals surface area contributed by atoms with Crippen LogP contribution in [0.2, 0.25) is 0 Å². The molecule has 0 aliphatic carbocycles. The van der Waals surface area contributed by atoms with Crippen molar-refractivity contribution < 1.29 is 50.0 Å². The van der Waals surface area contributed by atoms with E-state index in [0.717, 1.165) is 18.2 Å². The minimum absolute atomic E-state index is 0.0304. The molecule has 170 valence electrons. The molecule has 1 aromatic heterocycles. The van der Waals surface area contributed by atoms with Crippen LogP contribution in [0.25, 0.3) is 22.3 Å². The summed E-state index contributed by atoms with van der Waals surface area (Å²) in [5.74, 6) is -2.28. The zero-order valence-corrected chi connectivity index (χ0v) is 16.3. The standard InChI is InChI=1S/C21H20O11/c22-6-14-17(27)19(29)20(30)21(32-14)16-11(26)5-13-15(18(16)28)10(25)4-12(31-13)7-1-2-8(23)9(24)3-7/h1-5,14,17,19-24,26-30H,6H2/t14-,17+,19+,20-,21+/m0/s1. The highest BCUT2D eigenvalue weighted by atomic mass is 16.5. The van der Waals surface area contributed by atoms with Gasteiger partial charge in [0.1, 0.15) is 58.7 Å². The van der Waals surface area contributed by atoms with Crippen LogP contribution >= 0.6 is 0 Å². The summed E-state index contributed by atoms with van der Waals surface area (Å²) in [5, 5.41) is 79.6. The number of aliphatic hydroxyl groups excluding tert-OH is 4. The molecule has 0 unspecified atom stereocenters. The Bertz CT molecular complexity index is 1230. The molecule has 11 nitrogen and oxygen atoms in total. The molecule has 4 rings (SSSR count). The van der Waals surface area contributed by atoms with E-state index >= 15 is 0 Å². The lowest BCUT2D eigenvalue weighted by atomic mass is 9.89.